The first kappa shape index (κ1) is 11.0. The molecule has 3 unspecified atom stereocenters. The SMILES string of the molecule is CCCC(C)CC(O)C(C)C1CC1. The van der Waals surface area contributed by atoms with E-state index in [1.54, 1.807) is 0 Å². The zero-order valence-corrected chi connectivity index (χ0v) is 9.29. The molecule has 1 rings (SSSR count). The molecular formula is C12H24O. The summed E-state index contributed by atoms with van der Waals surface area (Å²) in [5.41, 5.74) is 0. The molecule has 0 aromatic carbocycles. The van der Waals surface area contributed by atoms with Gasteiger partial charge in [-0.1, -0.05) is 33.6 Å². The first-order valence-corrected chi connectivity index (χ1v) is 5.83. The summed E-state index contributed by atoms with van der Waals surface area (Å²) >= 11 is 0. The molecule has 0 saturated heterocycles. The highest BCUT2D eigenvalue weighted by atomic mass is 16.3. The maximum absolute atomic E-state index is 9.93. The zero-order chi connectivity index (χ0) is 9.84. The quantitative estimate of drug-likeness (QED) is 0.672. The van der Waals surface area contributed by atoms with Crippen molar-refractivity contribution >= 4 is 0 Å². The first-order valence-electron chi connectivity index (χ1n) is 5.83. The molecule has 0 bridgehead atoms. The molecule has 0 radical (unpaired) electrons. The second-order valence-electron chi connectivity index (χ2n) is 4.89. The van der Waals surface area contributed by atoms with Gasteiger partial charge in [0.15, 0.2) is 0 Å². The van der Waals surface area contributed by atoms with E-state index in [0.717, 1.165) is 12.3 Å². The molecule has 1 aliphatic carbocycles. The predicted octanol–water partition coefficient (Wildman–Crippen LogP) is 3.22. The zero-order valence-electron chi connectivity index (χ0n) is 9.29. The van der Waals surface area contributed by atoms with Crippen LogP contribution in [0, 0.1) is 17.8 Å². The number of hydrogen-bond donors (Lipinski definition) is 1. The van der Waals surface area contributed by atoms with Gasteiger partial charge in [-0.25, -0.2) is 0 Å². The van der Waals surface area contributed by atoms with E-state index in [2.05, 4.69) is 20.8 Å². The van der Waals surface area contributed by atoms with Gasteiger partial charge in [0.25, 0.3) is 0 Å². The molecular weight excluding hydrogens is 160 g/mol. The summed E-state index contributed by atoms with van der Waals surface area (Å²) in [6.07, 6.45) is 6.15. The summed E-state index contributed by atoms with van der Waals surface area (Å²) in [7, 11) is 0. The highest BCUT2D eigenvalue weighted by Gasteiger charge is 2.32. The Morgan fingerprint density at radius 3 is 2.38 bits per heavy atom. The molecule has 0 amide bonds. The van der Waals surface area contributed by atoms with Crippen LogP contribution < -0.4 is 0 Å². The van der Waals surface area contributed by atoms with Gasteiger partial charge >= 0.3 is 0 Å². The Bertz CT molecular complexity index is 140. The lowest BCUT2D eigenvalue weighted by molar-refractivity contribution is 0.0805. The summed E-state index contributed by atoms with van der Waals surface area (Å²) in [4.78, 5) is 0. The monoisotopic (exact) mass is 184 g/mol. The fourth-order valence-corrected chi connectivity index (χ4v) is 2.17. The average molecular weight is 184 g/mol. The van der Waals surface area contributed by atoms with Crippen LogP contribution >= 0.6 is 0 Å². The lowest BCUT2D eigenvalue weighted by Gasteiger charge is -2.21. The summed E-state index contributed by atoms with van der Waals surface area (Å²) in [5, 5.41) is 9.93. The maximum Gasteiger partial charge on any atom is 0.0570 e. The van der Waals surface area contributed by atoms with Gasteiger partial charge in [-0.15, -0.1) is 0 Å². The fourth-order valence-electron chi connectivity index (χ4n) is 2.17. The predicted molar refractivity (Wildman–Crippen MR) is 56.6 cm³/mol. The first-order chi connectivity index (χ1) is 6.15. The minimum absolute atomic E-state index is 0.0472. The summed E-state index contributed by atoms with van der Waals surface area (Å²) in [6, 6.07) is 0. The van der Waals surface area contributed by atoms with Crippen molar-refractivity contribution < 1.29 is 5.11 Å². The Kier molecular flexibility index (Phi) is 4.24. The van der Waals surface area contributed by atoms with Gasteiger partial charge < -0.3 is 5.11 Å². The van der Waals surface area contributed by atoms with Crippen molar-refractivity contribution in [3.8, 4) is 0 Å². The Balaban J connectivity index is 2.18. The third-order valence-electron chi connectivity index (χ3n) is 3.40. The van der Waals surface area contributed by atoms with Crippen molar-refractivity contribution in [3.63, 3.8) is 0 Å². The van der Waals surface area contributed by atoms with E-state index in [4.69, 9.17) is 0 Å². The molecule has 0 aromatic heterocycles. The van der Waals surface area contributed by atoms with Crippen LogP contribution in [0.4, 0.5) is 0 Å². The van der Waals surface area contributed by atoms with E-state index in [9.17, 15) is 5.11 Å². The third-order valence-corrected chi connectivity index (χ3v) is 3.40. The smallest absolute Gasteiger partial charge is 0.0570 e. The lowest BCUT2D eigenvalue weighted by Crippen LogP contribution is -2.21. The van der Waals surface area contributed by atoms with Crippen molar-refractivity contribution in [1.82, 2.24) is 0 Å². The molecule has 0 spiro atoms. The third kappa shape index (κ3) is 3.68. The highest BCUT2D eigenvalue weighted by Crippen LogP contribution is 2.39. The standard InChI is InChI=1S/C12H24O/c1-4-5-9(2)8-12(13)10(3)11-6-7-11/h9-13H,4-8H2,1-3H3. The minimum Gasteiger partial charge on any atom is -0.393 e. The number of aliphatic hydroxyl groups excluding tert-OH is 1. The second kappa shape index (κ2) is 4.99. The van der Waals surface area contributed by atoms with Crippen molar-refractivity contribution in [2.45, 2.75) is 59.0 Å². The van der Waals surface area contributed by atoms with Gasteiger partial charge in [-0.3, -0.25) is 0 Å². The molecule has 0 aliphatic heterocycles. The molecule has 1 fully saturated rings. The van der Waals surface area contributed by atoms with Gasteiger partial charge in [0.2, 0.25) is 0 Å². The van der Waals surface area contributed by atoms with E-state index in [1.165, 1.54) is 25.7 Å². The molecule has 1 saturated carbocycles. The molecule has 1 N–H and O–H groups in total. The van der Waals surface area contributed by atoms with Crippen LogP contribution in [0.3, 0.4) is 0 Å². The Morgan fingerprint density at radius 1 is 1.31 bits per heavy atom. The number of hydrogen-bond acceptors (Lipinski definition) is 1. The lowest BCUT2D eigenvalue weighted by atomic mass is 9.90. The number of rotatable bonds is 6. The Labute approximate surface area is 82.5 Å². The minimum atomic E-state index is -0.0472. The molecule has 3 atom stereocenters. The average Bonchev–Trinajstić information content (AvgIpc) is 2.85. The van der Waals surface area contributed by atoms with Gasteiger partial charge in [-0.2, -0.15) is 0 Å². The largest absolute Gasteiger partial charge is 0.393 e. The van der Waals surface area contributed by atoms with Gasteiger partial charge in [-0.05, 0) is 37.0 Å². The van der Waals surface area contributed by atoms with Crippen molar-refractivity contribution in [3.05, 3.63) is 0 Å². The second-order valence-corrected chi connectivity index (χ2v) is 4.89. The van der Waals surface area contributed by atoms with E-state index >= 15 is 0 Å². The van der Waals surface area contributed by atoms with Gasteiger partial charge in [0.1, 0.15) is 0 Å². The molecule has 1 nitrogen and oxygen atoms in total. The topological polar surface area (TPSA) is 20.2 Å². The highest BCUT2D eigenvalue weighted by molar-refractivity contribution is 4.83. The van der Waals surface area contributed by atoms with E-state index in [0.29, 0.717) is 11.8 Å². The molecule has 78 valence electrons. The summed E-state index contributed by atoms with van der Waals surface area (Å²) in [6.45, 7) is 6.68. The summed E-state index contributed by atoms with van der Waals surface area (Å²) < 4.78 is 0. The van der Waals surface area contributed by atoms with Crippen molar-refractivity contribution in [1.29, 1.82) is 0 Å². The summed E-state index contributed by atoms with van der Waals surface area (Å²) in [5.74, 6) is 2.07. The van der Waals surface area contributed by atoms with Crippen LogP contribution in [0.1, 0.15) is 52.9 Å². The van der Waals surface area contributed by atoms with Crippen LogP contribution in [0.15, 0.2) is 0 Å². The van der Waals surface area contributed by atoms with E-state index < -0.39 is 0 Å². The number of aliphatic hydroxyl groups is 1. The molecule has 13 heavy (non-hydrogen) atoms. The van der Waals surface area contributed by atoms with E-state index in [-0.39, 0.29) is 6.10 Å². The normalized spacial score (nSPS) is 24.0. The Hall–Kier alpha value is -0.0400. The van der Waals surface area contributed by atoms with Gasteiger partial charge in [0, 0.05) is 0 Å². The van der Waals surface area contributed by atoms with Gasteiger partial charge in [0.05, 0.1) is 6.10 Å². The molecule has 1 heteroatoms. The Morgan fingerprint density at radius 2 is 1.92 bits per heavy atom. The molecule has 0 aromatic rings. The van der Waals surface area contributed by atoms with Crippen LogP contribution in [-0.2, 0) is 0 Å². The molecule has 1 aliphatic rings. The molecule has 0 heterocycles. The van der Waals surface area contributed by atoms with Crippen molar-refractivity contribution in [2.75, 3.05) is 0 Å². The van der Waals surface area contributed by atoms with Crippen LogP contribution in [0.5, 0.6) is 0 Å². The van der Waals surface area contributed by atoms with Crippen molar-refractivity contribution in [2.24, 2.45) is 17.8 Å². The van der Waals surface area contributed by atoms with Crippen LogP contribution in [0.2, 0.25) is 0 Å². The van der Waals surface area contributed by atoms with Crippen LogP contribution in [0.25, 0.3) is 0 Å². The van der Waals surface area contributed by atoms with E-state index in [1.807, 2.05) is 0 Å². The fraction of sp³-hybridized carbons (Fsp3) is 1.00. The van der Waals surface area contributed by atoms with Crippen LogP contribution in [-0.4, -0.2) is 11.2 Å². The maximum atomic E-state index is 9.93.